The van der Waals surface area contributed by atoms with Crippen molar-refractivity contribution in [2.75, 3.05) is 0 Å². The highest BCUT2D eigenvalue weighted by atomic mass is 16.3. The largest absolute Gasteiger partial charge is 0.512 e. The zero-order valence-corrected chi connectivity index (χ0v) is 11.0. The topological polar surface area (TPSA) is 68.5 Å². The van der Waals surface area contributed by atoms with Crippen molar-refractivity contribution in [3.8, 4) is 0 Å². The Morgan fingerprint density at radius 1 is 1.53 bits per heavy atom. The molecule has 0 heterocycles. The Bertz CT molecular complexity index is 276. The van der Waals surface area contributed by atoms with Gasteiger partial charge in [0.05, 0.1) is 5.76 Å². The first-order valence-corrected chi connectivity index (χ1v) is 6.73. The van der Waals surface area contributed by atoms with E-state index in [1.54, 1.807) is 0 Å². The zero-order valence-electron chi connectivity index (χ0n) is 11.0. The molecule has 4 nitrogen and oxygen atoms in total. The highest BCUT2D eigenvalue weighted by Gasteiger charge is 2.22. The first-order chi connectivity index (χ1) is 8.21. The fourth-order valence-corrected chi connectivity index (χ4v) is 2.64. The fourth-order valence-electron chi connectivity index (χ4n) is 2.64. The van der Waals surface area contributed by atoms with Crippen LogP contribution in [0.15, 0.2) is 16.6 Å². The quantitative estimate of drug-likeness (QED) is 0.462. The lowest BCUT2D eigenvalue weighted by Gasteiger charge is -2.27. The van der Waals surface area contributed by atoms with Gasteiger partial charge in [0.25, 0.3) is 0 Å². The highest BCUT2D eigenvalue weighted by Crippen LogP contribution is 2.33. The van der Waals surface area contributed by atoms with Crippen LogP contribution in [0.3, 0.4) is 0 Å². The van der Waals surface area contributed by atoms with Crippen molar-refractivity contribution in [1.82, 2.24) is 5.43 Å². The molecule has 0 fully saturated rings. The monoisotopic (exact) mass is 239 g/mol. The van der Waals surface area contributed by atoms with Crippen molar-refractivity contribution in [2.45, 2.75) is 64.8 Å². The summed E-state index contributed by atoms with van der Waals surface area (Å²) < 4.78 is 0. The minimum atomic E-state index is 0.306. The van der Waals surface area contributed by atoms with Crippen molar-refractivity contribution in [3.05, 3.63) is 11.3 Å². The normalized spacial score (nSPS) is 22.4. The number of hydrogen-bond acceptors (Lipinski definition) is 3. The molecule has 0 saturated heterocycles. The Kier molecular flexibility index (Phi) is 6.01. The number of rotatable bonds is 7. The minimum absolute atomic E-state index is 0.306. The van der Waals surface area contributed by atoms with Gasteiger partial charge < -0.3 is 5.11 Å². The number of aliphatic hydroxyl groups excluding tert-OH is 1. The van der Waals surface area contributed by atoms with Gasteiger partial charge >= 0.3 is 0 Å². The molecule has 4 heteroatoms. The van der Waals surface area contributed by atoms with E-state index in [2.05, 4.69) is 24.5 Å². The van der Waals surface area contributed by atoms with Crippen LogP contribution in [0.4, 0.5) is 0 Å². The molecule has 1 aliphatic rings. The van der Waals surface area contributed by atoms with E-state index in [4.69, 9.17) is 5.53 Å². The van der Waals surface area contributed by atoms with Crippen LogP contribution in [-0.4, -0.2) is 11.1 Å². The summed E-state index contributed by atoms with van der Waals surface area (Å²) in [5.74, 6) is 1.26. The molecule has 2 atom stereocenters. The van der Waals surface area contributed by atoms with Gasteiger partial charge in [0.15, 0.2) is 0 Å². The molecule has 0 aromatic heterocycles. The van der Waals surface area contributed by atoms with Gasteiger partial charge in [-0.1, -0.05) is 25.5 Å². The Labute approximate surface area is 104 Å². The van der Waals surface area contributed by atoms with Gasteiger partial charge in [-0.25, -0.2) is 0 Å². The Morgan fingerprint density at radius 2 is 2.29 bits per heavy atom. The first kappa shape index (κ1) is 14.0. The molecule has 3 N–H and O–H groups in total. The second-order valence-corrected chi connectivity index (χ2v) is 4.99. The molecule has 1 rings (SSSR count). The van der Waals surface area contributed by atoms with Gasteiger partial charge in [0, 0.05) is 12.5 Å². The maximum absolute atomic E-state index is 9.83. The van der Waals surface area contributed by atoms with Gasteiger partial charge in [-0.3, -0.25) is 5.43 Å². The van der Waals surface area contributed by atoms with E-state index in [0.717, 1.165) is 44.9 Å². The summed E-state index contributed by atoms with van der Waals surface area (Å²) >= 11 is 0. The van der Waals surface area contributed by atoms with Crippen molar-refractivity contribution >= 4 is 0 Å². The SMILES string of the molecule is CCCC1=C(O)CCC(CC(CC)NN=N)C1. The molecule has 0 spiro atoms. The van der Waals surface area contributed by atoms with E-state index in [1.807, 2.05) is 0 Å². The van der Waals surface area contributed by atoms with Crippen LogP contribution in [0.2, 0.25) is 0 Å². The molecule has 0 aliphatic heterocycles. The number of aliphatic hydroxyl groups is 1. The molecule has 2 unspecified atom stereocenters. The van der Waals surface area contributed by atoms with Gasteiger partial charge in [-0.2, -0.15) is 5.53 Å². The molecule has 0 amide bonds. The third-order valence-corrected chi connectivity index (χ3v) is 3.64. The van der Waals surface area contributed by atoms with Crippen molar-refractivity contribution in [3.63, 3.8) is 0 Å². The van der Waals surface area contributed by atoms with Gasteiger partial charge in [0.2, 0.25) is 0 Å². The second kappa shape index (κ2) is 7.30. The Morgan fingerprint density at radius 3 is 2.88 bits per heavy atom. The molecule has 0 bridgehead atoms. The molecule has 0 aromatic rings. The lowest BCUT2D eigenvalue weighted by molar-refractivity contribution is 0.287. The van der Waals surface area contributed by atoms with E-state index in [1.165, 1.54) is 5.57 Å². The summed E-state index contributed by atoms with van der Waals surface area (Å²) in [5, 5.41) is 13.1. The van der Waals surface area contributed by atoms with E-state index in [0.29, 0.717) is 17.7 Å². The van der Waals surface area contributed by atoms with Gasteiger partial charge in [0.1, 0.15) is 0 Å². The minimum Gasteiger partial charge on any atom is -0.512 e. The summed E-state index contributed by atoms with van der Waals surface area (Å²) in [4.78, 5) is 0. The molecule has 0 aromatic carbocycles. The maximum Gasteiger partial charge on any atom is 0.0914 e. The fraction of sp³-hybridized carbons (Fsp3) is 0.846. The summed E-state index contributed by atoms with van der Waals surface area (Å²) in [6.07, 6.45) is 7.09. The Hall–Kier alpha value is -1.06. The summed E-state index contributed by atoms with van der Waals surface area (Å²) in [7, 11) is 0. The van der Waals surface area contributed by atoms with Crippen molar-refractivity contribution in [1.29, 1.82) is 5.53 Å². The van der Waals surface area contributed by atoms with E-state index < -0.39 is 0 Å². The summed E-state index contributed by atoms with van der Waals surface area (Å²) in [6.45, 7) is 4.27. The standard InChI is InChI=1S/C13H25N3O/c1-3-5-11-8-10(6-7-13(11)17)9-12(4-2)15-16-14/h10,12,17H,3-9H2,1-2H3,(H2,14,15). The van der Waals surface area contributed by atoms with E-state index in [9.17, 15) is 5.11 Å². The van der Waals surface area contributed by atoms with Crippen LogP contribution >= 0.6 is 0 Å². The van der Waals surface area contributed by atoms with Crippen LogP contribution in [0, 0.1) is 11.4 Å². The van der Waals surface area contributed by atoms with Crippen LogP contribution in [0.5, 0.6) is 0 Å². The zero-order chi connectivity index (χ0) is 12.7. The average Bonchev–Trinajstić information content (AvgIpc) is 2.33. The summed E-state index contributed by atoms with van der Waals surface area (Å²) in [5.41, 5.74) is 11.0. The third-order valence-electron chi connectivity index (χ3n) is 3.64. The Balaban J connectivity index is 2.49. The smallest absolute Gasteiger partial charge is 0.0914 e. The third kappa shape index (κ3) is 4.36. The molecular formula is C13H25N3O. The van der Waals surface area contributed by atoms with Crippen LogP contribution < -0.4 is 5.43 Å². The molecular weight excluding hydrogens is 214 g/mol. The van der Waals surface area contributed by atoms with E-state index in [-0.39, 0.29) is 0 Å². The number of nitrogens with zero attached hydrogens (tertiary/aromatic N) is 1. The average molecular weight is 239 g/mol. The highest BCUT2D eigenvalue weighted by molar-refractivity contribution is 5.12. The summed E-state index contributed by atoms with van der Waals surface area (Å²) in [6, 6.07) is 0.306. The molecule has 0 radical (unpaired) electrons. The number of nitrogens with one attached hydrogen (secondary N) is 2. The predicted molar refractivity (Wildman–Crippen MR) is 68.9 cm³/mol. The van der Waals surface area contributed by atoms with Crippen molar-refractivity contribution in [2.24, 2.45) is 11.1 Å². The maximum atomic E-state index is 9.83. The van der Waals surface area contributed by atoms with Crippen LogP contribution in [0.1, 0.15) is 58.8 Å². The molecule has 0 saturated carbocycles. The van der Waals surface area contributed by atoms with Gasteiger partial charge in [-0.05, 0) is 43.6 Å². The molecule has 98 valence electrons. The van der Waals surface area contributed by atoms with Crippen LogP contribution in [0.25, 0.3) is 0 Å². The van der Waals surface area contributed by atoms with Gasteiger partial charge in [-0.15, -0.1) is 0 Å². The second-order valence-electron chi connectivity index (χ2n) is 4.99. The lowest BCUT2D eigenvalue weighted by atomic mass is 9.82. The number of allylic oxidation sites excluding steroid dienone is 2. The van der Waals surface area contributed by atoms with E-state index >= 15 is 0 Å². The predicted octanol–water partition coefficient (Wildman–Crippen LogP) is 4.10. The molecule has 1 aliphatic carbocycles. The molecule has 17 heavy (non-hydrogen) atoms. The van der Waals surface area contributed by atoms with Crippen LogP contribution in [-0.2, 0) is 0 Å². The number of hydrogen-bond donors (Lipinski definition) is 3. The van der Waals surface area contributed by atoms with Crippen molar-refractivity contribution < 1.29 is 5.11 Å². The lowest BCUT2D eigenvalue weighted by Crippen LogP contribution is -2.27. The first-order valence-electron chi connectivity index (χ1n) is 6.73.